The molecule has 0 aliphatic heterocycles. The fourth-order valence-corrected chi connectivity index (χ4v) is 4.39. The molecule has 0 radical (unpaired) electrons. The fraction of sp³-hybridized carbons (Fsp3) is 0.200. The average Bonchev–Trinajstić information content (AvgIpc) is 2.68. The number of carbonyl (C=O) groups excluding carboxylic acids is 1. The van der Waals surface area contributed by atoms with Crippen molar-refractivity contribution >= 4 is 56.6 Å². The van der Waals surface area contributed by atoms with Crippen LogP contribution in [0.4, 0.5) is 5.69 Å². The number of rotatable bonds is 7. The minimum Gasteiger partial charge on any atom is -0.332 e. The maximum absolute atomic E-state index is 12.5. The van der Waals surface area contributed by atoms with Gasteiger partial charge in [0.25, 0.3) is 0 Å². The van der Waals surface area contributed by atoms with E-state index in [2.05, 4.69) is 10.6 Å². The number of sulfonamides is 1. The van der Waals surface area contributed by atoms with Gasteiger partial charge in [-0.1, -0.05) is 43.6 Å². The molecule has 0 atom stereocenters. The Morgan fingerprint density at radius 3 is 2.31 bits per heavy atom. The summed E-state index contributed by atoms with van der Waals surface area (Å²) in [6.07, 6.45) is 2.92. The highest BCUT2D eigenvalue weighted by atomic mass is 35.5. The molecule has 0 aliphatic carbocycles. The van der Waals surface area contributed by atoms with Gasteiger partial charge >= 0.3 is 0 Å². The van der Waals surface area contributed by atoms with Crippen molar-refractivity contribution in [3.63, 3.8) is 0 Å². The van der Waals surface area contributed by atoms with Crippen LogP contribution in [0.1, 0.15) is 19.4 Å². The number of carbonyl (C=O) groups is 1. The zero-order chi connectivity index (χ0) is 21.4. The lowest BCUT2D eigenvalue weighted by molar-refractivity contribution is -0.115. The molecule has 2 N–H and O–H groups in total. The van der Waals surface area contributed by atoms with E-state index < -0.39 is 15.9 Å². The Labute approximate surface area is 181 Å². The molecule has 0 heterocycles. The molecule has 154 valence electrons. The number of nitrogens with one attached hydrogen (secondary N) is 2. The fourth-order valence-electron chi connectivity index (χ4n) is 2.51. The van der Waals surface area contributed by atoms with Gasteiger partial charge in [-0.05, 0) is 54.2 Å². The Morgan fingerprint density at radius 2 is 1.72 bits per heavy atom. The first-order chi connectivity index (χ1) is 13.8. The predicted octanol–water partition coefficient (Wildman–Crippen LogP) is 3.90. The lowest BCUT2D eigenvalue weighted by Gasteiger charge is -2.18. The van der Waals surface area contributed by atoms with Crippen molar-refractivity contribution < 1.29 is 13.2 Å². The van der Waals surface area contributed by atoms with E-state index in [0.29, 0.717) is 29.4 Å². The second-order valence-electron chi connectivity index (χ2n) is 5.91. The summed E-state index contributed by atoms with van der Waals surface area (Å²) < 4.78 is 26.4. The third kappa shape index (κ3) is 6.37. The van der Waals surface area contributed by atoms with Crippen molar-refractivity contribution in [3.8, 4) is 0 Å². The monoisotopic (exact) mass is 451 g/mol. The van der Waals surface area contributed by atoms with Gasteiger partial charge in [-0.3, -0.25) is 10.1 Å². The minimum absolute atomic E-state index is 0.0955. The second kappa shape index (κ2) is 10.5. The van der Waals surface area contributed by atoms with E-state index in [4.69, 9.17) is 23.8 Å². The Hall–Kier alpha value is -2.26. The van der Waals surface area contributed by atoms with Crippen molar-refractivity contribution in [1.29, 1.82) is 0 Å². The Bertz CT molecular complexity index is 1000. The first-order valence-electron chi connectivity index (χ1n) is 8.92. The highest BCUT2D eigenvalue weighted by Gasteiger charge is 2.21. The summed E-state index contributed by atoms with van der Waals surface area (Å²) >= 11 is 11.2. The lowest BCUT2D eigenvalue weighted by Crippen LogP contribution is -2.33. The second-order valence-corrected chi connectivity index (χ2v) is 8.67. The molecule has 29 heavy (non-hydrogen) atoms. The lowest BCUT2D eigenvalue weighted by atomic mass is 10.2. The Balaban J connectivity index is 1.97. The van der Waals surface area contributed by atoms with E-state index in [9.17, 15) is 13.2 Å². The van der Waals surface area contributed by atoms with Gasteiger partial charge < -0.3 is 5.32 Å². The number of anilines is 1. The van der Waals surface area contributed by atoms with Crippen molar-refractivity contribution in [2.45, 2.75) is 18.7 Å². The van der Waals surface area contributed by atoms with Gasteiger partial charge in [-0.2, -0.15) is 4.31 Å². The number of hydrogen-bond acceptors (Lipinski definition) is 4. The van der Waals surface area contributed by atoms with Crippen LogP contribution in [0.5, 0.6) is 0 Å². The summed E-state index contributed by atoms with van der Waals surface area (Å²) in [7, 11) is -3.52. The van der Waals surface area contributed by atoms with Crippen LogP contribution < -0.4 is 10.6 Å². The smallest absolute Gasteiger partial charge is 0.250 e. The van der Waals surface area contributed by atoms with E-state index in [-0.39, 0.29) is 10.0 Å². The van der Waals surface area contributed by atoms with Crippen LogP contribution >= 0.6 is 23.8 Å². The number of benzene rings is 2. The maximum Gasteiger partial charge on any atom is 0.250 e. The summed E-state index contributed by atoms with van der Waals surface area (Å²) in [6.45, 7) is 4.38. The van der Waals surface area contributed by atoms with Crippen LogP contribution in [0.25, 0.3) is 6.08 Å². The van der Waals surface area contributed by atoms with Crippen LogP contribution in [0, 0.1) is 0 Å². The molecule has 0 saturated heterocycles. The Kier molecular flexibility index (Phi) is 8.33. The number of amides is 1. The van der Waals surface area contributed by atoms with E-state index in [0.717, 1.165) is 0 Å². The maximum atomic E-state index is 12.5. The number of thiocarbonyl (C=S) groups is 1. The quantitative estimate of drug-likeness (QED) is 0.493. The largest absolute Gasteiger partial charge is 0.332 e. The van der Waals surface area contributed by atoms with Crippen molar-refractivity contribution in [1.82, 2.24) is 9.62 Å². The van der Waals surface area contributed by atoms with E-state index in [1.165, 1.54) is 22.5 Å². The van der Waals surface area contributed by atoms with Crippen molar-refractivity contribution in [2.75, 3.05) is 18.4 Å². The molecule has 0 fully saturated rings. The molecule has 2 aromatic rings. The standard InChI is InChI=1S/C20H22ClN3O3S2/c1-3-24(4-2)29(26,27)17-12-10-16(11-13-17)22-20(28)23-19(25)14-9-15-7-5-6-8-18(15)21/h5-14H,3-4H2,1-2H3,(H2,22,23,25,28)/b14-9+. The minimum atomic E-state index is -3.52. The molecule has 0 unspecified atom stereocenters. The van der Waals surface area contributed by atoms with Crippen molar-refractivity contribution in [3.05, 3.63) is 65.2 Å². The molecular formula is C20H22ClN3O3S2. The predicted molar refractivity (Wildman–Crippen MR) is 121 cm³/mol. The summed E-state index contributed by atoms with van der Waals surface area (Å²) in [6, 6.07) is 13.3. The molecule has 0 spiro atoms. The normalized spacial score (nSPS) is 11.6. The van der Waals surface area contributed by atoms with Gasteiger partial charge in [0.05, 0.1) is 4.90 Å². The number of hydrogen-bond donors (Lipinski definition) is 2. The van der Waals surface area contributed by atoms with Crippen LogP contribution in [-0.4, -0.2) is 36.8 Å². The van der Waals surface area contributed by atoms with Crippen LogP contribution in [0.3, 0.4) is 0 Å². The van der Waals surface area contributed by atoms with Crippen LogP contribution in [-0.2, 0) is 14.8 Å². The Morgan fingerprint density at radius 1 is 1.10 bits per heavy atom. The van der Waals surface area contributed by atoms with Gasteiger partial charge in [-0.25, -0.2) is 8.42 Å². The van der Waals surface area contributed by atoms with Gasteiger partial charge in [0, 0.05) is 29.9 Å². The SMILES string of the molecule is CCN(CC)S(=O)(=O)c1ccc(NC(=S)NC(=O)/C=C/c2ccccc2Cl)cc1. The molecule has 0 aliphatic rings. The van der Waals surface area contributed by atoms with Gasteiger partial charge in [0.2, 0.25) is 15.9 Å². The molecule has 0 saturated carbocycles. The molecular weight excluding hydrogens is 430 g/mol. The summed E-state index contributed by atoms with van der Waals surface area (Å²) in [5.74, 6) is -0.414. The summed E-state index contributed by atoms with van der Waals surface area (Å²) in [4.78, 5) is 12.2. The van der Waals surface area contributed by atoms with Crippen LogP contribution in [0.15, 0.2) is 59.5 Å². The molecule has 1 amide bonds. The molecule has 0 aromatic heterocycles. The number of nitrogens with zero attached hydrogens (tertiary/aromatic N) is 1. The van der Waals surface area contributed by atoms with E-state index in [1.54, 1.807) is 50.3 Å². The highest BCUT2D eigenvalue weighted by molar-refractivity contribution is 7.89. The average molecular weight is 452 g/mol. The molecule has 2 aromatic carbocycles. The molecule has 2 rings (SSSR count). The number of halogens is 1. The topological polar surface area (TPSA) is 78.5 Å². The zero-order valence-corrected chi connectivity index (χ0v) is 18.4. The van der Waals surface area contributed by atoms with Gasteiger partial charge in [0.1, 0.15) is 0 Å². The zero-order valence-electron chi connectivity index (χ0n) is 16.1. The molecule has 9 heteroatoms. The van der Waals surface area contributed by atoms with Crippen LogP contribution in [0.2, 0.25) is 5.02 Å². The summed E-state index contributed by atoms with van der Waals surface area (Å²) in [5, 5.41) is 6.01. The van der Waals surface area contributed by atoms with E-state index in [1.807, 2.05) is 6.07 Å². The highest BCUT2D eigenvalue weighted by Crippen LogP contribution is 2.18. The molecule has 0 bridgehead atoms. The first kappa shape index (κ1) is 23.0. The van der Waals surface area contributed by atoms with Crippen molar-refractivity contribution in [2.24, 2.45) is 0 Å². The van der Waals surface area contributed by atoms with E-state index >= 15 is 0 Å². The first-order valence-corrected chi connectivity index (χ1v) is 11.1. The van der Waals surface area contributed by atoms with Gasteiger partial charge in [-0.15, -0.1) is 0 Å². The molecule has 6 nitrogen and oxygen atoms in total. The third-order valence-electron chi connectivity index (χ3n) is 4.01. The summed E-state index contributed by atoms with van der Waals surface area (Å²) in [5.41, 5.74) is 1.28. The third-order valence-corrected chi connectivity index (χ3v) is 6.62. The van der Waals surface area contributed by atoms with Gasteiger partial charge in [0.15, 0.2) is 5.11 Å².